The lowest BCUT2D eigenvalue weighted by atomic mass is 9.92. The van der Waals surface area contributed by atoms with E-state index < -0.39 is 0 Å². The standard InChI is InChI=1S/C15H27N3/c1-4-16-14-9-7-5-6-8-10-15(14)18-13(3)11-12(2)17-18/h11,14-16H,4-10H2,1-3H3. The Bertz CT molecular complexity index is 370. The minimum absolute atomic E-state index is 0.541. The highest BCUT2D eigenvalue weighted by molar-refractivity contribution is 5.08. The fraction of sp³-hybridized carbons (Fsp3) is 0.800. The summed E-state index contributed by atoms with van der Waals surface area (Å²) >= 11 is 0. The number of nitrogens with one attached hydrogen (secondary N) is 1. The Kier molecular flexibility index (Phi) is 4.81. The van der Waals surface area contributed by atoms with Gasteiger partial charge in [-0.15, -0.1) is 0 Å². The zero-order chi connectivity index (χ0) is 13.0. The molecule has 3 nitrogen and oxygen atoms in total. The first-order chi connectivity index (χ1) is 8.72. The van der Waals surface area contributed by atoms with E-state index in [1.165, 1.54) is 44.2 Å². The van der Waals surface area contributed by atoms with Crippen molar-refractivity contribution in [2.45, 2.75) is 71.4 Å². The fourth-order valence-corrected chi connectivity index (χ4v) is 3.24. The summed E-state index contributed by atoms with van der Waals surface area (Å²) in [4.78, 5) is 0. The van der Waals surface area contributed by atoms with E-state index >= 15 is 0 Å². The van der Waals surface area contributed by atoms with Crippen molar-refractivity contribution in [2.24, 2.45) is 0 Å². The molecule has 102 valence electrons. The summed E-state index contributed by atoms with van der Waals surface area (Å²) in [5, 5.41) is 8.39. The summed E-state index contributed by atoms with van der Waals surface area (Å²) in [5.74, 6) is 0. The molecule has 0 spiro atoms. The predicted octanol–water partition coefficient (Wildman–Crippen LogP) is 3.37. The fourth-order valence-electron chi connectivity index (χ4n) is 3.24. The number of rotatable bonds is 3. The van der Waals surface area contributed by atoms with Gasteiger partial charge in [0.2, 0.25) is 0 Å². The lowest BCUT2D eigenvalue weighted by molar-refractivity contribution is 0.266. The molecule has 0 radical (unpaired) electrons. The molecule has 0 aromatic carbocycles. The van der Waals surface area contributed by atoms with Gasteiger partial charge in [-0.2, -0.15) is 5.10 Å². The van der Waals surface area contributed by atoms with E-state index in [2.05, 4.69) is 36.8 Å². The maximum atomic E-state index is 4.72. The molecule has 18 heavy (non-hydrogen) atoms. The van der Waals surface area contributed by atoms with Gasteiger partial charge in [0.1, 0.15) is 0 Å². The monoisotopic (exact) mass is 249 g/mol. The van der Waals surface area contributed by atoms with Crippen LogP contribution in [0.4, 0.5) is 0 Å². The van der Waals surface area contributed by atoms with Crippen LogP contribution in [0.3, 0.4) is 0 Å². The first kappa shape index (κ1) is 13.6. The van der Waals surface area contributed by atoms with Crippen LogP contribution in [0.15, 0.2) is 6.07 Å². The Labute approximate surface area is 111 Å². The van der Waals surface area contributed by atoms with E-state index in [0.29, 0.717) is 12.1 Å². The van der Waals surface area contributed by atoms with Crippen molar-refractivity contribution < 1.29 is 0 Å². The van der Waals surface area contributed by atoms with Gasteiger partial charge < -0.3 is 5.32 Å². The van der Waals surface area contributed by atoms with Gasteiger partial charge in [-0.05, 0) is 39.3 Å². The second-order valence-electron chi connectivity index (χ2n) is 5.59. The first-order valence-corrected chi connectivity index (χ1v) is 7.48. The molecule has 1 saturated carbocycles. The summed E-state index contributed by atoms with van der Waals surface area (Å²) in [6.07, 6.45) is 8.02. The molecule has 2 unspecified atom stereocenters. The zero-order valence-electron chi connectivity index (χ0n) is 12.1. The smallest absolute Gasteiger partial charge is 0.0675 e. The van der Waals surface area contributed by atoms with Gasteiger partial charge in [-0.1, -0.05) is 32.6 Å². The SMILES string of the molecule is CCNC1CCCCCCC1n1nc(C)cc1C. The second kappa shape index (κ2) is 6.37. The van der Waals surface area contributed by atoms with Crippen LogP contribution >= 0.6 is 0 Å². The molecule has 0 saturated heterocycles. The largest absolute Gasteiger partial charge is 0.312 e. The molecule has 1 aromatic rings. The van der Waals surface area contributed by atoms with Crippen LogP contribution in [0.25, 0.3) is 0 Å². The molecular weight excluding hydrogens is 222 g/mol. The highest BCUT2D eigenvalue weighted by atomic mass is 15.3. The number of hydrogen-bond donors (Lipinski definition) is 1. The van der Waals surface area contributed by atoms with E-state index in [-0.39, 0.29) is 0 Å². The van der Waals surface area contributed by atoms with E-state index in [4.69, 9.17) is 5.10 Å². The predicted molar refractivity (Wildman–Crippen MR) is 75.9 cm³/mol. The van der Waals surface area contributed by atoms with Gasteiger partial charge in [0.15, 0.2) is 0 Å². The molecule has 1 fully saturated rings. The summed E-state index contributed by atoms with van der Waals surface area (Å²) in [6, 6.07) is 3.33. The molecule has 0 aliphatic heterocycles. The third-order valence-electron chi connectivity index (χ3n) is 4.05. The summed E-state index contributed by atoms with van der Waals surface area (Å²) < 4.78 is 2.27. The third-order valence-corrected chi connectivity index (χ3v) is 4.05. The van der Waals surface area contributed by atoms with Crippen molar-refractivity contribution in [3.8, 4) is 0 Å². The van der Waals surface area contributed by atoms with Gasteiger partial charge in [-0.3, -0.25) is 4.68 Å². The number of aryl methyl sites for hydroxylation is 2. The molecule has 1 aliphatic carbocycles. The van der Waals surface area contributed by atoms with Crippen molar-refractivity contribution in [3.63, 3.8) is 0 Å². The Balaban J connectivity index is 2.20. The van der Waals surface area contributed by atoms with Crippen molar-refractivity contribution in [3.05, 3.63) is 17.5 Å². The highest BCUT2D eigenvalue weighted by Crippen LogP contribution is 2.27. The van der Waals surface area contributed by atoms with Crippen LogP contribution in [-0.4, -0.2) is 22.4 Å². The number of hydrogen-bond acceptors (Lipinski definition) is 2. The number of likely N-dealkylation sites (N-methyl/N-ethyl adjacent to an activating group) is 1. The van der Waals surface area contributed by atoms with Crippen molar-refractivity contribution in [1.82, 2.24) is 15.1 Å². The Morgan fingerprint density at radius 2 is 1.94 bits per heavy atom. The van der Waals surface area contributed by atoms with Gasteiger partial charge >= 0.3 is 0 Å². The second-order valence-corrected chi connectivity index (χ2v) is 5.59. The summed E-state index contributed by atoms with van der Waals surface area (Å²) in [6.45, 7) is 7.54. The molecule has 1 N–H and O–H groups in total. The summed E-state index contributed by atoms with van der Waals surface area (Å²) in [7, 11) is 0. The van der Waals surface area contributed by atoms with E-state index in [1.54, 1.807) is 0 Å². The maximum Gasteiger partial charge on any atom is 0.0675 e. The highest BCUT2D eigenvalue weighted by Gasteiger charge is 2.25. The average molecular weight is 249 g/mol. The van der Waals surface area contributed by atoms with Gasteiger partial charge in [-0.25, -0.2) is 0 Å². The molecule has 2 rings (SSSR count). The zero-order valence-corrected chi connectivity index (χ0v) is 12.1. The Hall–Kier alpha value is -0.830. The van der Waals surface area contributed by atoms with Crippen LogP contribution in [0.5, 0.6) is 0 Å². The lowest BCUT2D eigenvalue weighted by Gasteiger charge is -2.31. The van der Waals surface area contributed by atoms with Crippen LogP contribution < -0.4 is 5.32 Å². The Morgan fingerprint density at radius 1 is 1.22 bits per heavy atom. The summed E-state index contributed by atoms with van der Waals surface area (Å²) in [5.41, 5.74) is 2.45. The van der Waals surface area contributed by atoms with Gasteiger partial charge in [0, 0.05) is 11.7 Å². The van der Waals surface area contributed by atoms with Crippen LogP contribution in [0.2, 0.25) is 0 Å². The topological polar surface area (TPSA) is 29.9 Å². The molecule has 3 heteroatoms. The molecule has 0 bridgehead atoms. The quantitative estimate of drug-likeness (QED) is 0.890. The minimum Gasteiger partial charge on any atom is -0.312 e. The molecule has 1 aromatic heterocycles. The van der Waals surface area contributed by atoms with Crippen LogP contribution in [-0.2, 0) is 0 Å². The van der Waals surface area contributed by atoms with E-state index in [0.717, 1.165) is 12.2 Å². The molecule has 1 aliphatic rings. The number of aromatic nitrogens is 2. The van der Waals surface area contributed by atoms with Crippen LogP contribution in [0, 0.1) is 13.8 Å². The molecular formula is C15H27N3. The van der Waals surface area contributed by atoms with Gasteiger partial charge in [0.05, 0.1) is 11.7 Å². The third kappa shape index (κ3) is 3.14. The first-order valence-electron chi connectivity index (χ1n) is 7.48. The van der Waals surface area contributed by atoms with E-state index in [1.807, 2.05) is 0 Å². The normalized spacial score (nSPS) is 25.7. The number of nitrogens with zero attached hydrogens (tertiary/aromatic N) is 2. The molecule has 0 amide bonds. The Morgan fingerprint density at radius 3 is 2.56 bits per heavy atom. The van der Waals surface area contributed by atoms with Gasteiger partial charge in [0.25, 0.3) is 0 Å². The molecule has 2 atom stereocenters. The van der Waals surface area contributed by atoms with Crippen molar-refractivity contribution >= 4 is 0 Å². The molecule has 1 heterocycles. The lowest BCUT2D eigenvalue weighted by Crippen LogP contribution is -2.39. The minimum atomic E-state index is 0.541. The van der Waals surface area contributed by atoms with Crippen LogP contribution in [0.1, 0.15) is 62.9 Å². The van der Waals surface area contributed by atoms with Crippen molar-refractivity contribution in [1.29, 1.82) is 0 Å². The average Bonchev–Trinajstić information content (AvgIpc) is 2.62. The van der Waals surface area contributed by atoms with Crippen molar-refractivity contribution in [2.75, 3.05) is 6.54 Å². The maximum absolute atomic E-state index is 4.72. The van der Waals surface area contributed by atoms with E-state index in [9.17, 15) is 0 Å².